The van der Waals surface area contributed by atoms with E-state index in [1.165, 1.54) is 4.68 Å². The Bertz CT molecular complexity index is 553. The molecular weight excluding hydrogens is 278 g/mol. The summed E-state index contributed by atoms with van der Waals surface area (Å²) in [5.74, 6) is 0. The minimum atomic E-state index is -0.280. The summed E-state index contributed by atoms with van der Waals surface area (Å²) in [6, 6.07) is 0. The second-order valence-corrected chi connectivity index (χ2v) is 3.92. The van der Waals surface area contributed by atoms with Crippen LogP contribution in [0.25, 0.3) is 0 Å². The molecule has 9 heteroatoms. The highest BCUT2D eigenvalue weighted by Gasteiger charge is 2.11. The molecule has 0 aliphatic heterocycles. The van der Waals surface area contributed by atoms with Crippen molar-refractivity contribution in [2.45, 2.75) is 20.0 Å². The fourth-order valence-corrected chi connectivity index (χ4v) is 1.58. The molecule has 0 spiro atoms. The molecule has 2 heterocycles. The third-order valence-corrected chi connectivity index (χ3v) is 2.66. The highest BCUT2D eigenvalue weighted by Crippen LogP contribution is 2.11. The molecule has 2 rings (SSSR count). The number of hydrogen-bond acceptors (Lipinski definition) is 5. The van der Waals surface area contributed by atoms with Gasteiger partial charge in [-0.3, -0.25) is 0 Å². The SMILES string of the molecule is CCn1nc(Br)c(Cn2nnn(C)c2=O)n1. The number of rotatable bonds is 3. The van der Waals surface area contributed by atoms with Gasteiger partial charge in [-0.05, 0) is 33.3 Å². The van der Waals surface area contributed by atoms with Crippen LogP contribution in [0.3, 0.4) is 0 Å². The summed E-state index contributed by atoms with van der Waals surface area (Å²) in [4.78, 5) is 13.0. The van der Waals surface area contributed by atoms with Gasteiger partial charge in [-0.15, -0.1) is 5.10 Å². The molecule has 0 aliphatic carbocycles. The Kier molecular flexibility index (Phi) is 2.86. The van der Waals surface area contributed by atoms with Gasteiger partial charge >= 0.3 is 5.69 Å². The lowest BCUT2D eigenvalue weighted by Crippen LogP contribution is -2.24. The van der Waals surface area contributed by atoms with Gasteiger partial charge < -0.3 is 0 Å². The number of aromatic nitrogens is 7. The van der Waals surface area contributed by atoms with Gasteiger partial charge in [0.1, 0.15) is 5.69 Å². The summed E-state index contributed by atoms with van der Waals surface area (Å²) in [5.41, 5.74) is 0.377. The molecule has 86 valence electrons. The lowest BCUT2D eigenvalue weighted by Gasteiger charge is -1.93. The summed E-state index contributed by atoms with van der Waals surface area (Å²) in [5, 5.41) is 15.6. The normalized spacial score (nSPS) is 10.9. The lowest BCUT2D eigenvalue weighted by atomic mass is 10.5. The topological polar surface area (TPSA) is 83.4 Å². The first kappa shape index (κ1) is 11.0. The fraction of sp³-hybridized carbons (Fsp3) is 0.571. The molecule has 0 aromatic carbocycles. The maximum absolute atomic E-state index is 11.5. The van der Waals surface area contributed by atoms with E-state index in [0.29, 0.717) is 16.8 Å². The molecule has 0 fully saturated rings. The van der Waals surface area contributed by atoms with Gasteiger partial charge in [0.25, 0.3) is 0 Å². The Morgan fingerprint density at radius 1 is 1.31 bits per heavy atom. The van der Waals surface area contributed by atoms with Crippen LogP contribution in [-0.4, -0.2) is 34.8 Å². The number of aryl methyl sites for hydroxylation is 2. The molecule has 2 aromatic rings. The Balaban J connectivity index is 2.30. The standard InChI is InChI=1S/C7H10BrN7O/c1-3-15-9-5(6(8)10-15)4-14-7(16)13(2)11-12-14/h3-4H2,1-2H3. The van der Waals surface area contributed by atoms with Gasteiger partial charge in [0.15, 0.2) is 4.60 Å². The van der Waals surface area contributed by atoms with E-state index in [4.69, 9.17) is 0 Å². The Morgan fingerprint density at radius 3 is 2.56 bits per heavy atom. The second kappa shape index (κ2) is 4.16. The predicted octanol–water partition coefficient (Wildman–Crippen LogP) is -0.601. The van der Waals surface area contributed by atoms with E-state index in [1.54, 1.807) is 11.8 Å². The van der Waals surface area contributed by atoms with Crippen molar-refractivity contribution < 1.29 is 0 Å². The zero-order valence-electron chi connectivity index (χ0n) is 8.83. The van der Waals surface area contributed by atoms with E-state index >= 15 is 0 Å². The van der Waals surface area contributed by atoms with Crippen LogP contribution in [0.1, 0.15) is 12.6 Å². The minimum absolute atomic E-state index is 0.257. The molecule has 0 saturated carbocycles. The van der Waals surface area contributed by atoms with Gasteiger partial charge in [-0.25, -0.2) is 4.79 Å². The van der Waals surface area contributed by atoms with Crippen LogP contribution < -0.4 is 5.69 Å². The number of halogens is 1. The average molecular weight is 288 g/mol. The highest BCUT2D eigenvalue weighted by atomic mass is 79.9. The molecular formula is C7H10BrN7O. The molecule has 16 heavy (non-hydrogen) atoms. The number of tetrazole rings is 1. The Morgan fingerprint density at radius 2 is 2.06 bits per heavy atom. The van der Waals surface area contributed by atoms with Crippen molar-refractivity contribution in [2.75, 3.05) is 0 Å². The van der Waals surface area contributed by atoms with Gasteiger partial charge in [0.05, 0.1) is 13.1 Å². The van der Waals surface area contributed by atoms with Crippen molar-refractivity contribution in [3.63, 3.8) is 0 Å². The first-order valence-corrected chi connectivity index (χ1v) is 5.47. The van der Waals surface area contributed by atoms with Crippen molar-refractivity contribution >= 4 is 15.9 Å². The van der Waals surface area contributed by atoms with Crippen LogP contribution >= 0.6 is 15.9 Å². The summed E-state index contributed by atoms with van der Waals surface area (Å²) in [6.45, 7) is 2.87. The maximum atomic E-state index is 11.5. The summed E-state index contributed by atoms with van der Waals surface area (Å²) < 4.78 is 3.01. The number of nitrogens with zero attached hydrogens (tertiary/aromatic N) is 7. The smallest absolute Gasteiger partial charge is 0.244 e. The minimum Gasteiger partial charge on any atom is -0.244 e. The van der Waals surface area contributed by atoms with Crippen molar-refractivity contribution in [1.29, 1.82) is 0 Å². The summed E-state index contributed by atoms with van der Waals surface area (Å²) >= 11 is 3.28. The Labute approximate surface area is 99.0 Å². The molecule has 0 atom stereocenters. The molecule has 8 nitrogen and oxygen atoms in total. The molecule has 0 unspecified atom stereocenters. The van der Waals surface area contributed by atoms with Gasteiger partial charge in [0, 0.05) is 7.05 Å². The average Bonchev–Trinajstić information content (AvgIpc) is 2.77. The summed E-state index contributed by atoms with van der Waals surface area (Å²) in [7, 11) is 1.55. The van der Waals surface area contributed by atoms with E-state index in [2.05, 4.69) is 36.6 Å². The molecule has 0 N–H and O–H groups in total. The maximum Gasteiger partial charge on any atom is 0.363 e. The van der Waals surface area contributed by atoms with Crippen LogP contribution in [0.4, 0.5) is 0 Å². The van der Waals surface area contributed by atoms with E-state index in [1.807, 2.05) is 6.92 Å². The van der Waals surface area contributed by atoms with Crippen molar-refractivity contribution in [3.8, 4) is 0 Å². The number of hydrogen-bond donors (Lipinski definition) is 0. The van der Waals surface area contributed by atoms with Gasteiger partial charge in [-0.2, -0.15) is 19.3 Å². The van der Waals surface area contributed by atoms with Crippen molar-refractivity contribution in [3.05, 3.63) is 20.8 Å². The van der Waals surface area contributed by atoms with Crippen molar-refractivity contribution in [1.82, 2.24) is 34.8 Å². The molecule has 0 aliphatic rings. The zero-order valence-corrected chi connectivity index (χ0v) is 10.4. The third kappa shape index (κ3) is 1.90. The van der Waals surface area contributed by atoms with Crippen LogP contribution in [0.2, 0.25) is 0 Å². The molecule has 0 amide bonds. The first-order valence-electron chi connectivity index (χ1n) is 4.68. The second-order valence-electron chi connectivity index (χ2n) is 3.17. The Hall–Kier alpha value is -1.51. The zero-order chi connectivity index (χ0) is 11.7. The third-order valence-electron chi connectivity index (χ3n) is 2.04. The monoisotopic (exact) mass is 287 g/mol. The van der Waals surface area contributed by atoms with E-state index < -0.39 is 0 Å². The van der Waals surface area contributed by atoms with E-state index in [9.17, 15) is 4.79 Å². The van der Waals surface area contributed by atoms with E-state index in [0.717, 1.165) is 4.68 Å². The predicted molar refractivity (Wildman–Crippen MR) is 57.8 cm³/mol. The quantitative estimate of drug-likeness (QED) is 0.753. The van der Waals surface area contributed by atoms with E-state index in [-0.39, 0.29) is 12.2 Å². The highest BCUT2D eigenvalue weighted by molar-refractivity contribution is 9.10. The molecule has 0 saturated heterocycles. The largest absolute Gasteiger partial charge is 0.363 e. The van der Waals surface area contributed by atoms with Gasteiger partial charge in [0.2, 0.25) is 0 Å². The van der Waals surface area contributed by atoms with Crippen LogP contribution in [-0.2, 0) is 20.1 Å². The molecule has 2 aromatic heterocycles. The molecule has 0 bridgehead atoms. The molecule has 0 radical (unpaired) electrons. The van der Waals surface area contributed by atoms with Crippen LogP contribution in [0, 0.1) is 0 Å². The van der Waals surface area contributed by atoms with Gasteiger partial charge in [-0.1, -0.05) is 0 Å². The fourth-order valence-electron chi connectivity index (χ4n) is 1.19. The van der Waals surface area contributed by atoms with Crippen molar-refractivity contribution in [2.24, 2.45) is 7.05 Å². The first-order chi connectivity index (χ1) is 7.61. The van der Waals surface area contributed by atoms with Crippen LogP contribution in [0.15, 0.2) is 9.40 Å². The van der Waals surface area contributed by atoms with Crippen LogP contribution in [0.5, 0.6) is 0 Å². The lowest BCUT2D eigenvalue weighted by molar-refractivity contribution is 0.550. The summed E-state index contributed by atoms with van der Waals surface area (Å²) in [6.07, 6.45) is 0.